The lowest BCUT2D eigenvalue weighted by Gasteiger charge is -2.49. The van der Waals surface area contributed by atoms with Crippen LogP contribution in [0.15, 0.2) is 113 Å². The average molecular weight is 790 g/mol. The van der Waals surface area contributed by atoms with E-state index in [1.54, 1.807) is 5.38 Å². The fraction of sp³-hybridized carbons (Fsp3) is 0.263. The number of halogens is 1. The first kappa shape index (κ1) is 38.3. The maximum absolute atomic E-state index is 13.9. The molecule has 1 aromatic heterocycles. The standard InChI is InChI=1S/C38H36ClN5O8S2/c1-2-3-19-50-37(49)51-23-52-43-29(32(45)41-30-33(46)44-31(35(47)48)24(20-39)21-53-34(30)44)28-22-54-36(40-28)42-38(25-13-7-4-8-14-25,26-15-9-5-10-16-26)27-17-11-6-12-18-27/h4-18,22,30,34H,2-3,19-21,23H2,1H3,(H,40,42)(H,41,45)(H,47,48)/b43-29-/t30-,34-/m1/s1. The van der Waals surface area contributed by atoms with Crippen LogP contribution in [0.2, 0.25) is 0 Å². The number of hydrogen-bond acceptors (Lipinski definition) is 12. The lowest BCUT2D eigenvalue weighted by Crippen LogP contribution is -2.71. The molecule has 3 N–H and O–H groups in total. The number of thiazole rings is 1. The molecule has 2 aliphatic heterocycles. The Morgan fingerprint density at radius 1 is 0.981 bits per heavy atom. The minimum Gasteiger partial charge on any atom is -0.477 e. The summed E-state index contributed by atoms with van der Waals surface area (Å²) in [7, 11) is 0. The van der Waals surface area contributed by atoms with Crippen molar-refractivity contribution >= 4 is 69.5 Å². The number of amides is 2. The summed E-state index contributed by atoms with van der Waals surface area (Å²) < 4.78 is 9.91. The van der Waals surface area contributed by atoms with Gasteiger partial charge in [0.05, 0.1) is 6.61 Å². The van der Waals surface area contributed by atoms with E-state index in [4.69, 9.17) is 30.9 Å². The number of unbranched alkanes of at least 4 members (excludes halogenated alkanes) is 1. The van der Waals surface area contributed by atoms with Gasteiger partial charge in [0.25, 0.3) is 18.6 Å². The molecule has 0 radical (unpaired) electrons. The molecule has 3 aromatic carbocycles. The van der Waals surface area contributed by atoms with Gasteiger partial charge in [-0.15, -0.1) is 34.7 Å². The van der Waals surface area contributed by atoms with E-state index in [1.165, 1.54) is 23.1 Å². The van der Waals surface area contributed by atoms with Crippen LogP contribution in [0.25, 0.3) is 0 Å². The topological polar surface area (TPSA) is 169 Å². The summed E-state index contributed by atoms with van der Waals surface area (Å²) in [4.78, 5) is 62.3. The number of ether oxygens (including phenoxy) is 2. The van der Waals surface area contributed by atoms with Crippen molar-refractivity contribution in [2.24, 2.45) is 5.16 Å². The Balaban J connectivity index is 1.30. The zero-order valence-corrected chi connectivity index (χ0v) is 31.4. The third-order valence-corrected chi connectivity index (χ3v) is 11.1. The van der Waals surface area contributed by atoms with E-state index in [2.05, 4.69) is 15.8 Å². The maximum atomic E-state index is 13.9. The molecular weight excluding hydrogens is 754 g/mol. The molecule has 4 aromatic rings. The van der Waals surface area contributed by atoms with Gasteiger partial charge in [-0.3, -0.25) is 14.5 Å². The van der Waals surface area contributed by atoms with Crippen molar-refractivity contribution in [1.29, 1.82) is 0 Å². The third-order valence-electron chi connectivity index (χ3n) is 8.68. The average Bonchev–Trinajstić information content (AvgIpc) is 3.67. The molecule has 13 nitrogen and oxygen atoms in total. The number of carboxylic acid groups (broad SMARTS) is 1. The molecule has 1 fully saturated rings. The molecule has 2 aliphatic rings. The number of aliphatic carboxylic acids is 1. The van der Waals surface area contributed by atoms with Gasteiger partial charge in [-0.25, -0.2) is 14.6 Å². The number of carboxylic acids is 1. The molecule has 0 saturated carbocycles. The quantitative estimate of drug-likeness (QED) is 0.0174. The largest absolute Gasteiger partial charge is 0.511 e. The Hall–Kier alpha value is -5.38. The summed E-state index contributed by atoms with van der Waals surface area (Å²) >= 11 is 8.47. The summed E-state index contributed by atoms with van der Waals surface area (Å²) in [6, 6.07) is 28.6. The van der Waals surface area contributed by atoms with E-state index in [-0.39, 0.29) is 35.3 Å². The Kier molecular flexibility index (Phi) is 12.5. The highest BCUT2D eigenvalue weighted by Gasteiger charge is 2.54. The van der Waals surface area contributed by atoms with Crippen LogP contribution in [0.3, 0.4) is 0 Å². The number of fused-ring (bicyclic) bond motifs is 1. The van der Waals surface area contributed by atoms with Gasteiger partial charge in [-0.05, 0) is 28.7 Å². The van der Waals surface area contributed by atoms with E-state index in [9.17, 15) is 24.3 Å². The molecule has 3 heterocycles. The van der Waals surface area contributed by atoms with Crippen LogP contribution in [0.5, 0.6) is 0 Å². The van der Waals surface area contributed by atoms with E-state index in [0.29, 0.717) is 17.1 Å². The number of thioether (sulfide) groups is 1. The number of carbonyl (C=O) groups is 4. The highest BCUT2D eigenvalue weighted by molar-refractivity contribution is 8.00. The minimum absolute atomic E-state index is 0.0508. The third kappa shape index (κ3) is 8.07. The summed E-state index contributed by atoms with van der Waals surface area (Å²) in [6.45, 7) is 1.46. The number of aromatic nitrogens is 1. The fourth-order valence-electron chi connectivity index (χ4n) is 6.09. The van der Waals surface area contributed by atoms with Crippen LogP contribution in [0, 0.1) is 0 Å². The lowest BCUT2D eigenvalue weighted by molar-refractivity contribution is -0.150. The monoisotopic (exact) mass is 789 g/mol. The van der Waals surface area contributed by atoms with Crippen molar-refractivity contribution < 1.29 is 38.6 Å². The summed E-state index contributed by atoms with van der Waals surface area (Å²) in [6.07, 6.45) is 0.520. The molecule has 0 unspecified atom stereocenters. The number of alkyl halides is 1. The number of nitrogens with zero attached hydrogens (tertiary/aromatic N) is 3. The Bertz CT molecular complexity index is 1930. The normalized spacial score (nSPS) is 16.9. The zero-order chi connectivity index (χ0) is 38.1. The van der Waals surface area contributed by atoms with Crippen LogP contribution in [-0.4, -0.2) is 81.1 Å². The van der Waals surface area contributed by atoms with Gasteiger partial charge >= 0.3 is 12.1 Å². The number of rotatable bonds is 16. The summed E-state index contributed by atoms with van der Waals surface area (Å²) in [5, 5.41) is 21.5. The number of anilines is 1. The van der Waals surface area contributed by atoms with Gasteiger partial charge in [0, 0.05) is 17.0 Å². The van der Waals surface area contributed by atoms with Gasteiger partial charge in [0.15, 0.2) is 10.8 Å². The van der Waals surface area contributed by atoms with Crippen LogP contribution >= 0.6 is 34.7 Å². The van der Waals surface area contributed by atoms with Crippen molar-refractivity contribution in [2.75, 3.05) is 30.3 Å². The molecule has 2 amide bonds. The van der Waals surface area contributed by atoms with E-state index in [1.807, 2.05) is 97.9 Å². The van der Waals surface area contributed by atoms with Gasteiger partial charge in [0.1, 0.15) is 28.3 Å². The smallest absolute Gasteiger partial charge is 0.477 e. The fourth-order valence-corrected chi connectivity index (χ4v) is 8.52. The number of β-lactam (4-membered cyclic amide) rings is 1. The van der Waals surface area contributed by atoms with Crippen LogP contribution in [-0.2, 0) is 34.2 Å². The molecule has 1 saturated heterocycles. The van der Waals surface area contributed by atoms with Crippen molar-refractivity contribution in [3.8, 4) is 0 Å². The Morgan fingerprint density at radius 2 is 1.59 bits per heavy atom. The SMILES string of the molecule is CCCCOC(=O)OCO/N=C(\C(=O)N[C@@H]1C(=O)N2C(C(=O)O)=C(CCl)CS[C@H]12)c1csc(NC(c2ccccc2)(c2ccccc2)c2ccccc2)n1. The van der Waals surface area contributed by atoms with Crippen molar-refractivity contribution in [3.05, 3.63) is 130 Å². The van der Waals surface area contributed by atoms with E-state index < -0.39 is 47.7 Å². The molecule has 0 spiro atoms. The molecule has 54 heavy (non-hydrogen) atoms. The first-order valence-electron chi connectivity index (χ1n) is 17.0. The molecule has 0 aliphatic carbocycles. The number of hydrogen-bond donors (Lipinski definition) is 3. The molecular formula is C38H36ClN5O8S2. The van der Waals surface area contributed by atoms with E-state index >= 15 is 0 Å². The van der Waals surface area contributed by atoms with Gasteiger partial charge < -0.3 is 30.1 Å². The highest BCUT2D eigenvalue weighted by atomic mass is 35.5. The number of benzene rings is 3. The van der Waals surface area contributed by atoms with Gasteiger partial charge in [-0.2, -0.15) is 0 Å². The Morgan fingerprint density at radius 3 is 2.15 bits per heavy atom. The van der Waals surface area contributed by atoms with Crippen molar-refractivity contribution in [1.82, 2.24) is 15.2 Å². The van der Waals surface area contributed by atoms with Crippen molar-refractivity contribution in [3.63, 3.8) is 0 Å². The van der Waals surface area contributed by atoms with Crippen LogP contribution in [0.4, 0.5) is 9.93 Å². The van der Waals surface area contributed by atoms with Gasteiger partial charge in [-0.1, -0.05) is 109 Å². The van der Waals surface area contributed by atoms with E-state index in [0.717, 1.165) is 28.0 Å². The molecule has 0 bridgehead atoms. The minimum atomic E-state index is -1.28. The predicted molar refractivity (Wildman–Crippen MR) is 205 cm³/mol. The zero-order valence-electron chi connectivity index (χ0n) is 29.0. The van der Waals surface area contributed by atoms with Crippen molar-refractivity contribution in [2.45, 2.75) is 36.7 Å². The molecule has 16 heteroatoms. The Labute approximate surface area is 324 Å². The predicted octanol–water partition coefficient (Wildman–Crippen LogP) is 6.16. The number of oxime groups is 1. The summed E-state index contributed by atoms with van der Waals surface area (Å²) in [5.74, 6) is -2.49. The molecule has 280 valence electrons. The number of nitrogens with one attached hydrogen (secondary N) is 2. The molecule has 6 rings (SSSR count). The molecule has 2 atom stereocenters. The van der Waals surface area contributed by atoms with Crippen LogP contribution < -0.4 is 10.6 Å². The second kappa shape index (κ2) is 17.6. The summed E-state index contributed by atoms with van der Waals surface area (Å²) in [5.41, 5.74) is 1.90. The lowest BCUT2D eigenvalue weighted by atomic mass is 9.77. The second-order valence-electron chi connectivity index (χ2n) is 12.0. The first-order chi connectivity index (χ1) is 26.3. The second-order valence-corrected chi connectivity index (χ2v) is 14.3. The maximum Gasteiger partial charge on any atom is 0.511 e. The number of carbonyl (C=O) groups excluding carboxylic acids is 3. The van der Waals surface area contributed by atoms with Crippen LogP contribution in [0.1, 0.15) is 42.1 Å². The first-order valence-corrected chi connectivity index (χ1v) is 19.4. The van der Waals surface area contributed by atoms with Gasteiger partial charge in [0.2, 0.25) is 0 Å². The highest BCUT2D eigenvalue weighted by Crippen LogP contribution is 2.42.